The van der Waals surface area contributed by atoms with Crippen LogP contribution in [0.4, 0.5) is 16.2 Å². The molecule has 3 rings (SSSR count). The number of urea groups is 1. The van der Waals surface area contributed by atoms with Crippen molar-refractivity contribution in [3.63, 3.8) is 0 Å². The molecular formula is C15H16N4O3. The molecule has 114 valence electrons. The van der Waals surface area contributed by atoms with E-state index >= 15 is 0 Å². The van der Waals surface area contributed by atoms with E-state index in [0.717, 1.165) is 5.57 Å². The van der Waals surface area contributed by atoms with Crippen LogP contribution in [0, 0.1) is 24.0 Å². The minimum absolute atomic E-state index is 0.0457. The van der Waals surface area contributed by atoms with Crippen LogP contribution in [0.1, 0.15) is 11.1 Å². The van der Waals surface area contributed by atoms with E-state index < -0.39 is 4.92 Å². The lowest BCUT2D eigenvalue weighted by Gasteiger charge is -2.34. The number of nitro benzene ring substituents is 1. The van der Waals surface area contributed by atoms with Crippen molar-refractivity contribution in [3.8, 4) is 0 Å². The van der Waals surface area contributed by atoms with Gasteiger partial charge in [0.2, 0.25) is 0 Å². The Morgan fingerprint density at radius 3 is 2.77 bits per heavy atom. The van der Waals surface area contributed by atoms with Gasteiger partial charge in [-0.25, -0.2) is 9.69 Å². The van der Waals surface area contributed by atoms with Crippen molar-refractivity contribution >= 4 is 17.4 Å². The number of aryl methyl sites for hydroxylation is 1. The Bertz CT molecular complexity index is 737. The van der Waals surface area contributed by atoms with Gasteiger partial charge < -0.3 is 10.6 Å². The largest absolute Gasteiger partial charge is 0.367 e. The molecule has 1 aromatic carbocycles. The molecule has 0 aliphatic carbocycles. The highest BCUT2D eigenvalue weighted by Crippen LogP contribution is 2.34. The summed E-state index contributed by atoms with van der Waals surface area (Å²) in [5, 5.41) is 17.3. The first kappa shape index (κ1) is 14.1. The lowest BCUT2D eigenvalue weighted by atomic mass is 10.0. The molecule has 0 saturated carbocycles. The third-order valence-corrected chi connectivity index (χ3v) is 3.89. The standard InChI is InChI=1S/C15H16N4O3/c1-9-5-6-12(10(2)13(9)19(21)22)18-14-11(4-3-7-16-14)8-17-15(18)20/h3-6,16H,7-8H2,1-2H3,(H,17,20). The van der Waals surface area contributed by atoms with Gasteiger partial charge in [-0.05, 0) is 19.9 Å². The summed E-state index contributed by atoms with van der Waals surface area (Å²) in [6.07, 6.45) is 3.93. The van der Waals surface area contributed by atoms with Gasteiger partial charge in [-0.3, -0.25) is 10.1 Å². The molecule has 2 amide bonds. The zero-order chi connectivity index (χ0) is 15.9. The van der Waals surface area contributed by atoms with Crippen molar-refractivity contribution < 1.29 is 9.72 Å². The fourth-order valence-electron chi connectivity index (χ4n) is 2.84. The van der Waals surface area contributed by atoms with E-state index in [1.807, 2.05) is 12.2 Å². The van der Waals surface area contributed by atoms with Crippen LogP contribution in [-0.2, 0) is 0 Å². The lowest BCUT2D eigenvalue weighted by Crippen LogP contribution is -2.50. The minimum atomic E-state index is -0.403. The smallest absolute Gasteiger partial charge is 0.327 e. The van der Waals surface area contributed by atoms with Crippen LogP contribution in [-0.4, -0.2) is 24.0 Å². The molecule has 1 aromatic rings. The van der Waals surface area contributed by atoms with E-state index in [0.29, 0.717) is 35.7 Å². The summed E-state index contributed by atoms with van der Waals surface area (Å²) in [5.74, 6) is 0.688. The van der Waals surface area contributed by atoms with Gasteiger partial charge in [-0.2, -0.15) is 0 Å². The maximum atomic E-state index is 12.3. The number of anilines is 1. The van der Waals surface area contributed by atoms with Gasteiger partial charge in [-0.1, -0.05) is 18.2 Å². The number of amides is 2. The molecule has 2 aliphatic rings. The maximum absolute atomic E-state index is 12.3. The van der Waals surface area contributed by atoms with E-state index in [1.165, 1.54) is 4.90 Å². The number of carbonyl (C=O) groups excluding carboxylic acids is 1. The topological polar surface area (TPSA) is 87.5 Å². The van der Waals surface area contributed by atoms with Gasteiger partial charge in [-0.15, -0.1) is 0 Å². The monoisotopic (exact) mass is 300 g/mol. The van der Waals surface area contributed by atoms with Gasteiger partial charge >= 0.3 is 6.03 Å². The third-order valence-electron chi connectivity index (χ3n) is 3.89. The predicted molar refractivity (Wildman–Crippen MR) is 82.6 cm³/mol. The summed E-state index contributed by atoms with van der Waals surface area (Å²) < 4.78 is 0. The summed E-state index contributed by atoms with van der Waals surface area (Å²) in [5.41, 5.74) is 2.57. The molecule has 2 N–H and O–H groups in total. The van der Waals surface area contributed by atoms with Gasteiger partial charge in [0.05, 0.1) is 16.2 Å². The number of hydrogen-bond donors (Lipinski definition) is 2. The highest BCUT2D eigenvalue weighted by atomic mass is 16.6. The number of hydrogen-bond acceptors (Lipinski definition) is 4. The minimum Gasteiger partial charge on any atom is -0.367 e. The summed E-state index contributed by atoms with van der Waals surface area (Å²) in [6.45, 7) is 4.43. The van der Waals surface area contributed by atoms with Crippen LogP contribution >= 0.6 is 0 Å². The van der Waals surface area contributed by atoms with Gasteiger partial charge in [0, 0.05) is 24.2 Å². The van der Waals surface area contributed by atoms with Crippen molar-refractivity contribution in [1.29, 1.82) is 0 Å². The Hall–Kier alpha value is -2.83. The number of benzene rings is 1. The number of nitrogens with one attached hydrogen (secondary N) is 2. The fourth-order valence-corrected chi connectivity index (χ4v) is 2.84. The van der Waals surface area contributed by atoms with E-state index in [2.05, 4.69) is 10.6 Å². The number of carbonyl (C=O) groups is 1. The normalized spacial score (nSPS) is 17.0. The average molecular weight is 300 g/mol. The molecule has 0 unspecified atom stereocenters. The second-order valence-corrected chi connectivity index (χ2v) is 5.28. The number of nitrogens with zero attached hydrogens (tertiary/aromatic N) is 2. The fraction of sp³-hybridized carbons (Fsp3) is 0.267. The molecule has 0 spiro atoms. The predicted octanol–water partition coefficient (Wildman–Crippen LogP) is 2.11. The molecular weight excluding hydrogens is 284 g/mol. The molecule has 2 aliphatic heterocycles. The zero-order valence-corrected chi connectivity index (χ0v) is 12.3. The van der Waals surface area contributed by atoms with Crippen molar-refractivity contribution in [2.75, 3.05) is 18.0 Å². The average Bonchev–Trinajstić information content (AvgIpc) is 2.48. The van der Waals surface area contributed by atoms with Crippen LogP contribution in [0.5, 0.6) is 0 Å². The Kier molecular flexibility index (Phi) is 3.32. The van der Waals surface area contributed by atoms with Gasteiger partial charge in [0.1, 0.15) is 5.82 Å². The van der Waals surface area contributed by atoms with Crippen molar-refractivity contribution in [3.05, 3.63) is 56.9 Å². The summed E-state index contributed by atoms with van der Waals surface area (Å²) in [7, 11) is 0. The van der Waals surface area contributed by atoms with Crippen LogP contribution in [0.3, 0.4) is 0 Å². The molecule has 0 bridgehead atoms. The lowest BCUT2D eigenvalue weighted by molar-refractivity contribution is -0.386. The van der Waals surface area contributed by atoms with Crippen LogP contribution in [0.25, 0.3) is 0 Å². The van der Waals surface area contributed by atoms with E-state index in [9.17, 15) is 14.9 Å². The molecule has 2 heterocycles. The number of rotatable bonds is 2. The number of nitro groups is 1. The Balaban J connectivity index is 2.17. The van der Waals surface area contributed by atoms with Crippen LogP contribution in [0.15, 0.2) is 35.7 Å². The highest BCUT2D eigenvalue weighted by molar-refractivity contribution is 5.98. The Morgan fingerprint density at radius 1 is 1.27 bits per heavy atom. The first-order valence-electron chi connectivity index (χ1n) is 6.97. The Morgan fingerprint density at radius 2 is 2.05 bits per heavy atom. The molecule has 0 radical (unpaired) electrons. The quantitative estimate of drug-likeness (QED) is 0.647. The van der Waals surface area contributed by atoms with Crippen molar-refractivity contribution in [2.45, 2.75) is 13.8 Å². The van der Waals surface area contributed by atoms with Gasteiger partial charge in [0.15, 0.2) is 0 Å². The third kappa shape index (κ3) is 2.11. The molecule has 0 fully saturated rings. The van der Waals surface area contributed by atoms with E-state index in [-0.39, 0.29) is 11.7 Å². The first-order chi connectivity index (χ1) is 10.5. The molecule has 0 saturated heterocycles. The van der Waals surface area contributed by atoms with E-state index in [4.69, 9.17) is 0 Å². The molecule has 0 aromatic heterocycles. The first-order valence-corrected chi connectivity index (χ1v) is 6.97. The summed E-state index contributed by atoms with van der Waals surface area (Å²) in [4.78, 5) is 24.7. The van der Waals surface area contributed by atoms with Crippen LogP contribution in [0.2, 0.25) is 0 Å². The summed E-state index contributed by atoms with van der Waals surface area (Å²) in [6, 6.07) is 3.12. The Labute approximate surface area is 127 Å². The molecule has 0 atom stereocenters. The molecule has 7 nitrogen and oxygen atoms in total. The highest BCUT2D eigenvalue weighted by Gasteiger charge is 2.31. The second kappa shape index (κ2) is 5.18. The van der Waals surface area contributed by atoms with Crippen molar-refractivity contribution in [1.82, 2.24) is 10.6 Å². The molecule has 22 heavy (non-hydrogen) atoms. The van der Waals surface area contributed by atoms with Crippen LogP contribution < -0.4 is 15.5 Å². The van der Waals surface area contributed by atoms with Gasteiger partial charge in [0.25, 0.3) is 5.69 Å². The van der Waals surface area contributed by atoms with Crippen molar-refractivity contribution in [2.24, 2.45) is 0 Å². The SMILES string of the molecule is Cc1ccc(N2C(=O)NCC3=C2NCC=C3)c(C)c1[N+](=O)[O-]. The number of dihydropyridines is 1. The van der Waals surface area contributed by atoms with E-state index in [1.54, 1.807) is 26.0 Å². The summed E-state index contributed by atoms with van der Waals surface area (Å²) >= 11 is 0. The zero-order valence-electron chi connectivity index (χ0n) is 12.3. The molecule has 7 heteroatoms. The second-order valence-electron chi connectivity index (χ2n) is 5.28. The maximum Gasteiger partial charge on any atom is 0.327 e.